The number of halogens is 2. The Morgan fingerprint density at radius 3 is 2.81 bits per heavy atom. The van der Waals surface area contributed by atoms with Gasteiger partial charge in [0.05, 0.1) is 12.6 Å². The average Bonchev–Trinajstić information content (AvgIpc) is 2.52. The zero-order valence-corrected chi connectivity index (χ0v) is 13.6. The van der Waals surface area contributed by atoms with Crippen molar-refractivity contribution >= 4 is 55.8 Å². The van der Waals surface area contributed by atoms with Gasteiger partial charge in [-0.2, -0.15) is 0 Å². The molecule has 1 heterocycles. The molecule has 1 unspecified atom stereocenters. The molecule has 0 saturated heterocycles. The van der Waals surface area contributed by atoms with Crippen molar-refractivity contribution in [2.45, 2.75) is 32.6 Å². The van der Waals surface area contributed by atoms with Crippen LogP contribution in [0.5, 0.6) is 0 Å². The van der Waals surface area contributed by atoms with E-state index in [2.05, 4.69) is 44.6 Å². The molecule has 1 N–H and O–H groups in total. The summed E-state index contributed by atoms with van der Waals surface area (Å²) in [5.41, 5.74) is 1.30. The molecule has 0 bridgehead atoms. The number of carboxylic acid groups (broad SMARTS) is 1. The molecule has 0 spiro atoms. The first-order valence-corrected chi connectivity index (χ1v) is 7.90. The first-order chi connectivity index (χ1) is 7.54. The lowest BCUT2D eigenvalue weighted by molar-refractivity contribution is -0.142. The van der Waals surface area contributed by atoms with E-state index in [0.29, 0.717) is 0 Å². The number of hydrogen-bond donors (Lipinski definition) is 1. The van der Waals surface area contributed by atoms with Crippen molar-refractivity contribution in [3.8, 4) is 0 Å². The first kappa shape index (κ1) is 14.4. The van der Waals surface area contributed by atoms with Crippen molar-refractivity contribution in [2.75, 3.05) is 0 Å². The normalized spacial score (nSPS) is 12.7. The second kappa shape index (κ2) is 6.96. The first-order valence-electron chi connectivity index (χ1n) is 5.21. The largest absolute Gasteiger partial charge is 0.481 e. The van der Waals surface area contributed by atoms with Gasteiger partial charge in [-0.25, -0.2) is 0 Å². The standard InChI is InChI=1S/C11H14BrIO2S/c1-2-7(11(14)15)4-3-5-8-6-9(13)16-10(8)12/h6-7H,2-5H2,1H3,(H,14,15). The summed E-state index contributed by atoms with van der Waals surface area (Å²) in [6, 6.07) is 2.16. The van der Waals surface area contributed by atoms with E-state index < -0.39 is 5.97 Å². The van der Waals surface area contributed by atoms with Gasteiger partial charge in [0.1, 0.15) is 0 Å². The van der Waals surface area contributed by atoms with Crippen molar-refractivity contribution < 1.29 is 9.90 Å². The minimum absolute atomic E-state index is 0.184. The summed E-state index contributed by atoms with van der Waals surface area (Å²) in [4.78, 5) is 10.8. The molecule has 0 fully saturated rings. The van der Waals surface area contributed by atoms with Gasteiger partial charge in [0.25, 0.3) is 0 Å². The summed E-state index contributed by atoms with van der Waals surface area (Å²) in [7, 11) is 0. The Morgan fingerprint density at radius 2 is 2.38 bits per heavy atom. The maximum absolute atomic E-state index is 10.8. The zero-order valence-electron chi connectivity index (χ0n) is 9.00. The molecule has 0 aliphatic rings. The summed E-state index contributed by atoms with van der Waals surface area (Å²) in [6.45, 7) is 1.93. The van der Waals surface area contributed by atoms with Crippen LogP contribution in [0.4, 0.5) is 0 Å². The second-order valence-corrected chi connectivity index (χ2v) is 7.95. The van der Waals surface area contributed by atoms with Crippen molar-refractivity contribution in [3.63, 3.8) is 0 Å². The van der Waals surface area contributed by atoms with Crippen LogP contribution in [0, 0.1) is 8.80 Å². The topological polar surface area (TPSA) is 37.3 Å². The number of rotatable bonds is 6. The zero-order chi connectivity index (χ0) is 12.1. The highest BCUT2D eigenvalue weighted by Gasteiger charge is 2.14. The third-order valence-electron chi connectivity index (χ3n) is 2.57. The molecule has 0 amide bonds. The van der Waals surface area contributed by atoms with Crippen LogP contribution < -0.4 is 0 Å². The van der Waals surface area contributed by atoms with E-state index in [0.717, 1.165) is 25.7 Å². The van der Waals surface area contributed by atoms with Gasteiger partial charge in [-0.3, -0.25) is 4.79 Å². The van der Waals surface area contributed by atoms with Crippen molar-refractivity contribution in [1.82, 2.24) is 0 Å². The van der Waals surface area contributed by atoms with Crippen LogP contribution in [0.1, 0.15) is 31.7 Å². The third kappa shape index (κ3) is 4.33. The Bertz CT molecular complexity index is 365. The van der Waals surface area contributed by atoms with Crippen LogP contribution in [0.2, 0.25) is 0 Å². The van der Waals surface area contributed by atoms with E-state index in [1.807, 2.05) is 6.92 Å². The average molecular weight is 417 g/mol. The number of carboxylic acids is 1. The molecule has 2 nitrogen and oxygen atoms in total. The minimum Gasteiger partial charge on any atom is -0.481 e. The Morgan fingerprint density at radius 1 is 1.69 bits per heavy atom. The highest BCUT2D eigenvalue weighted by molar-refractivity contribution is 14.1. The summed E-state index contributed by atoms with van der Waals surface area (Å²) in [6.07, 6.45) is 3.39. The molecular formula is C11H14BrIO2S. The summed E-state index contributed by atoms with van der Waals surface area (Å²) in [5, 5.41) is 8.92. The van der Waals surface area contributed by atoms with Crippen LogP contribution in [0.25, 0.3) is 0 Å². The van der Waals surface area contributed by atoms with Crippen molar-refractivity contribution in [1.29, 1.82) is 0 Å². The Hall–Kier alpha value is 0.380. The molecular weight excluding hydrogens is 403 g/mol. The lowest BCUT2D eigenvalue weighted by Crippen LogP contribution is -2.12. The number of aliphatic carboxylic acids is 1. The monoisotopic (exact) mass is 416 g/mol. The molecule has 1 aromatic heterocycles. The third-order valence-corrected chi connectivity index (χ3v) is 5.29. The van der Waals surface area contributed by atoms with Gasteiger partial charge in [-0.05, 0) is 75.8 Å². The van der Waals surface area contributed by atoms with Gasteiger partial charge in [0.15, 0.2) is 0 Å². The van der Waals surface area contributed by atoms with Gasteiger partial charge in [0.2, 0.25) is 0 Å². The van der Waals surface area contributed by atoms with Crippen LogP contribution >= 0.6 is 49.9 Å². The molecule has 0 aliphatic carbocycles. The fourth-order valence-electron chi connectivity index (χ4n) is 1.59. The molecule has 1 rings (SSSR count). The molecule has 90 valence electrons. The van der Waals surface area contributed by atoms with E-state index in [1.165, 1.54) is 12.2 Å². The van der Waals surface area contributed by atoms with Gasteiger partial charge < -0.3 is 5.11 Å². The Labute approximate surface area is 122 Å². The molecule has 0 radical (unpaired) electrons. The van der Waals surface area contributed by atoms with Gasteiger partial charge in [-0.1, -0.05) is 6.92 Å². The summed E-state index contributed by atoms with van der Waals surface area (Å²) >= 11 is 7.56. The van der Waals surface area contributed by atoms with Crippen molar-refractivity contribution in [2.24, 2.45) is 5.92 Å². The SMILES string of the molecule is CCC(CCCc1cc(I)sc1Br)C(=O)O. The minimum atomic E-state index is -0.665. The maximum atomic E-state index is 10.8. The lowest BCUT2D eigenvalue weighted by Gasteiger charge is -2.08. The maximum Gasteiger partial charge on any atom is 0.306 e. The molecule has 0 aliphatic heterocycles. The summed E-state index contributed by atoms with van der Waals surface area (Å²) < 4.78 is 2.45. The van der Waals surface area contributed by atoms with Gasteiger partial charge in [-0.15, -0.1) is 11.3 Å². The fraction of sp³-hybridized carbons (Fsp3) is 0.545. The predicted octanol–water partition coefficient (Wildman–Crippen LogP) is 4.55. The quantitative estimate of drug-likeness (QED) is 0.690. The molecule has 0 aromatic carbocycles. The fourth-order valence-corrected chi connectivity index (χ4v) is 5.03. The second-order valence-electron chi connectivity index (χ2n) is 3.69. The van der Waals surface area contributed by atoms with Crippen LogP contribution in [0.3, 0.4) is 0 Å². The van der Waals surface area contributed by atoms with Crippen LogP contribution in [0.15, 0.2) is 9.85 Å². The van der Waals surface area contributed by atoms with Gasteiger partial charge in [0, 0.05) is 0 Å². The highest BCUT2D eigenvalue weighted by Crippen LogP contribution is 2.30. The van der Waals surface area contributed by atoms with E-state index >= 15 is 0 Å². The molecule has 0 saturated carbocycles. The van der Waals surface area contributed by atoms with Crippen molar-refractivity contribution in [3.05, 3.63) is 18.3 Å². The lowest BCUT2D eigenvalue weighted by atomic mass is 9.98. The van der Waals surface area contributed by atoms with E-state index in [4.69, 9.17) is 5.11 Å². The number of thiophene rings is 1. The van der Waals surface area contributed by atoms with E-state index in [1.54, 1.807) is 11.3 Å². The smallest absolute Gasteiger partial charge is 0.306 e. The van der Waals surface area contributed by atoms with E-state index in [-0.39, 0.29) is 5.92 Å². The van der Waals surface area contributed by atoms with Crippen LogP contribution in [-0.4, -0.2) is 11.1 Å². The predicted molar refractivity (Wildman–Crippen MR) is 79.1 cm³/mol. The number of carbonyl (C=O) groups is 1. The molecule has 5 heteroatoms. The van der Waals surface area contributed by atoms with E-state index in [9.17, 15) is 4.79 Å². The van der Waals surface area contributed by atoms with Gasteiger partial charge >= 0.3 is 5.97 Å². The van der Waals surface area contributed by atoms with Crippen LogP contribution in [-0.2, 0) is 11.2 Å². The number of aryl methyl sites for hydroxylation is 1. The Kier molecular flexibility index (Phi) is 6.28. The molecule has 1 atom stereocenters. The summed E-state index contributed by atoms with van der Waals surface area (Å²) in [5.74, 6) is -0.849. The molecule has 16 heavy (non-hydrogen) atoms. The highest BCUT2D eigenvalue weighted by atomic mass is 127. The Balaban J connectivity index is 2.40. The molecule has 1 aromatic rings. The number of hydrogen-bond acceptors (Lipinski definition) is 2.